The predicted molar refractivity (Wildman–Crippen MR) is 65.1 cm³/mol. The zero-order chi connectivity index (χ0) is 10.6. The Balaban J connectivity index is 2.50. The molecular weight excluding hydrogens is 308 g/mol. The Morgan fingerprint density at radius 3 is 2.50 bits per heavy atom. The summed E-state index contributed by atoms with van der Waals surface area (Å²) in [6.07, 6.45) is 3.39. The van der Waals surface area contributed by atoms with Gasteiger partial charge < -0.3 is 0 Å². The first-order chi connectivity index (χ1) is 6.53. The van der Waals surface area contributed by atoms with Crippen molar-refractivity contribution in [2.24, 2.45) is 16.7 Å². The van der Waals surface area contributed by atoms with Crippen molar-refractivity contribution in [2.75, 3.05) is 5.33 Å². The lowest BCUT2D eigenvalue weighted by molar-refractivity contribution is -0.128. The van der Waals surface area contributed by atoms with Gasteiger partial charge in [-0.25, -0.2) is 0 Å². The maximum absolute atomic E-state index is 12.2. The molecule has 0 aromatic carbocycles. The molecule has 4 atom stereocenters. The fourth-order valence-electron chi connectivity index (χ4n) is 3.65. The number of carbonyl (C=O) groups is 1. The van der Waals surface area contributed by atoms with Crippen LogP contribution >= 0.6 is 31.9 Å². The van der Waals surface area contributed by atoms with Crippen LogP contribution < -0.4 is 0 Å². The van der Waals surface area contributed by atoms with E-state index in [-0.39, 0.29) is 15.7 Å². The molecule has 0 spiro atoms. The van der Waals surface area contributed by atoms with E-state index in [0.29, 0.717) is 11.7 Å². The summed E-state index contributed by atoms with van der Waals surface area (Å²) in [6, 6.07) is 0. The molecule has 0 heterocycles. The second kappa shape index (κ2) is 3.31. The first kappa shape index (κ1) is 11.1. The molecule has 1 nitrogen and oxygen atoms in total. The summed E-state index contributed by atoms with van der Waals surface area (Å²) in [5.74, 6) is 0.986. The van der Waals surface area contributed by atoms with Crippen molar-refractivity contribution < 1.29 is 4.79 Å². The van der Waals surface area contributed by atoms with Crippen LogP contribution in [0.3, 0.4) is 0 Å². The van der Waals surface area contributed by atoms with Gasteiger partial charge in [-0.3, -0.25) is 4.79 Å². The summed E-state index contributed by atoms with van der Waals surface area (Å²) in [4.78, 5) is 12.3. The van der Waals surface area contributed by atoms with E-state index < -0.39 is 0 Å². The first-order valence-corrected chi connectivity index (χ1v) is 7.31. The van der Waals surface area contributed by atoms with Crippen molar-refractivity contribution in [3.63, 3.8) is 0 Å². The fraction of sp³-hybridized carbons (Fsp3) is 0.909. The van der Waals surface area contributed by atoms with Gasteiger partial charge in [0.05, 0.1) is 4.83 Å². The Bertz CT molecular complexity index is 272. The Labute approximate surface area is 102 Å². The van der Waals surface area contributed by atoms with E-state index in [1.54, 1.807) is 0 Å². The summed E-state index contributed by atoms with van der Waals surface area (Å²) >= 11 is 7.21. The second-order valence-corrected chi connectivity index (χ2v) is 6.43. The molecule has 0 radical (unpaired) electrons. The van der Waals surface area contributed by atoms with Crippen LogP contribution in [0, 0.1) is 16.7 Å². The van der Waals surface area contributed by atoms with Crippen molar-refractivity contribution in [2.45, 2.75) is 37.9 Å². The maximum Gasteiger partial charge on any atom is 0.153 e. The number of ketones is 1. The molecule has 0 amide bonds. The number of fused-ring (bicyclic) bond motifs is 2. The SMILES string of the molecule is CC[C@@]1(CBr)[C@@H]2CC[C@]1(C)C(=O)[C@@H]2Br. The molecule has 3 heteroatoms. The minimum Gasteiger partial charge on any atom is -0.298 e. The van der Waals surface area contributed by atoms with Gasteiger partial charge in [-0.15, -0.1) is 0 Å². The minimum absolute atomic E-state index is 0.0793. The molecule has 0 aromatic rings. The number of hydrogen-bond donors (Lipinski definition) is 0. The highest BCUT2D eigenvalue weighted by Crippen LogP contribution is 2.67. The van der Waals surface area contributed by atoms with Crippen LogP contribution in [0.1, 0.15) is 33.1 Å². The van der Waals surface area contributed by atoms with Crippen LogP contribution in [-0.2, 0) is 4.79 Å². The molecular formula is C11H16Br2O. The summed E-state index contributed by atoms with van der Waals surface area (Å²) < 4.78 is 0. The van der Waals surface area contributed by atoms with Crippen LogP contribution in [-0.4, -0.2) is 15.9 Å². The lowest BCUT2D eigenvalue weighted by Crippen LogP contribution is -2.38. The lowest BCUT2D eigenvalue weighted by atomic mass is 9.67. The van der Waals surface area contributed by atoms with Crippen molar-refractivity contribution in [3.8, 4) is 0 Å². The summed E-state index contributed by atoms with van der Waals surface area (Å²) in [5, 5.41) is 0.964. The monoisotopic (exact) mass is 322 g/mol. The third-order valence-corrected chi connectivity index (χ3v) is 6.84. The Morgan fingerprint density at radius 1 is 1.57 bits per heavy atom. The molecule has 2 aliphatic rings. The van der Waals surface area contributed by atoms with Crippen LogP contribution in [0.25, 0.3) is 0 Å². The van der Waals surface area contributed by atoms with E-state index >= 15 is 0 Å². The molecule has 2 aliphatic carbocycles. The molecule has 2 saturated carbocycles. The summed E-state index contributed by atoms with van der Waals surface area (Å²) in [7, 11) is 0. The average Bonchev–Trinajstić information content (AvgIpc) is 2.56. The Hall–Kier alpha value is 0.630. The summed E-state index contributed by atoms with van der Waals surface area (Å²) in [6.45, 7) is 4.39. The predicted octanol–water partition coefficient (Wildman–Crippen LogP) is 3.54. The number of alkyl halides is 2. The van der Waals surface area contributed by atoms with Gasteiger partial charge in [0.2, 0.25) is 0 Å². The van der Waals surface area contributed by atoms with Crippen LogP contribution in [0.5, 0.6) is 0 Å². The zero-order valence-corrected chi connectivity index (χ0v) is 11.8. The van der Waals surface area contributed by atoms with E-state index in [2.05, 4.69) is 45.7 Å². The Kier molecular flexibility index (Phi) is 2.63. The average molecular weight is 324 g/mol. The molecule has 0 aliphatic heterocycles. The standard InChI is InChI=1S/C11H16Br2O/c1-3-11(6-12)7-4-5-10(11,2)9(14)8(7)13/h7-8H,3-6H2,1-2H3/t7-,8-,10-,11-/m1/s1. The van der Waals surface area contributed by atoms with Crippen LogP contribution in [0.4, 0.5) is 0 Å². The van der Waals surface area contributed by atoms with Crippen molar-refractivity contribution in [1.29, 1.82) is 0 Å². The van der Waals surface area contributed by atoms with Gasteiger partial charge in [-0.1, -0.05) is 45.7 Å². The zero-order valence-electron chi connectivity index (χ0n) is 8.65. The van der Waals surface area contributed by atoms with E-state index in [1.165, 1.54) is 6.42 Å². The lowest BCUT2D eigenvalue weighted by Gasteiger charge is -2.37. The molecule has 2 fully saturated rings. The third kappa shape index (κ3) is 0.986. The molecule has 2 bridgehead atoms. The second-order valence-electron chi connectivity index (χ2n) is 4.89. The smallest absolute Gasteiger partial charge is 0.153 e. The molecule has 14 heavy (non-hydrogen) atoms. The van der Waals surface area contributed by atoms with E-state index in [1.807, 2.05) is 0 Å². The van der Waals surface area contributed by atoms with Gasteiger partial charge >= 0.3 is 0 Å². The maximum atomic E-state index is 12.2. The highest BCUT2D eigenvalue weighted by atomic mass is 79.9. The van der Waals surface area contributed by atoms with Gasteiger partial charge in [0.25, 0.3) is 0 Å². The van der Waals surface area contributed by atoms with E-state index in [9.17, 15) is 4.79 Å². The van der Waals surface area contributed by atoms with Gasteiger partial charge in [0.15, 0.2) is 5.78 Å². The molecule has 0 N–H and O–H groups in total. The topological polar surface area (TPSA) is 17.1 Å². The number of hydrogen-bond acceptors (Lipinski definition) is 1. The third-order valence-electron chi connectivity index (χ3n) is 4.78. The number of carbonyl (C=O) groups excluding carboxylic acids is 1. The van der Waals surface area contributed by atoms with Crippen molar-refractivity contribution >= 4 is 37.6 Å². The molecule has 80 valence electrons. The number of Topliss-reactive ketones (excluding diaryl/α,β-unsaturated/α-hetero) is 1. The van der Waals surface area contributed by atoms with Gasteiger partial charge in [0.1, 0.15) is 0 Å². The van der Waals surface area contributed by atoms with Gasteiger partial charge in [0, 0.05) is 10.7 Å². The fourth-order valence-corrected chi connectivity index (χ4v) is 6.36. The molecule has 2 rings (SSSR count). The highest BCUT2D eigenvalue weighted by molar-refractivity contribution is 9.10. The number of halogens is 2. The van der Waals surface area contributed by atoms with Crippen LogP contribution in [0.2, 0.25) is 0 Å². The van der Waals surface area contributed by atoms with Crippen molar-refractivity contribution in [1.82, 2.24) is 0 Å². The first-order valence-electron chi connectivity index (χ1n) is 5.28. The quantitative estimate of drug-likeness (QED) is 0.710. The molecule has 0 aromatic heterocycles. The Morgan fingerprint density at radius 2 is 2.21 bits per heavy atom. The van der Waals surface area contributed by atoms with Gasteiger partial charge in [-0.05, 0) is 30.6 Å². The van der Waals surface area contributed by atoms with Gasteiger partial charge in [-0.2, -0.15) is 0 Å². The largest absolute Gasteiger partial charge is 0.298 e. The van der Waals surface area contributed by atoms with Crippen LogP contribution in [0.15, 0.2) is 0 Å². The summed E-state index contributed by atoms with van der Waals surface area (Å²) in [5.41, 5.74) is 0.127. The molecule has 0 saturated heterocycles. The highest BCUT2D eigenvalue weighted by Gasteiger charge is 2.68. The van der Waals surface area contributed by atoms with E-state index in [4.69, 9.17) is 0 Å². The van der Waals surface area contributed by atoms with Crippen molar-refractivity contribution in [3.05, 3.63) is 0 Å². The minimum atomic E-state index is -0.0793. The number of rotatable bonds is 2. The van der Waals surface area contributed by atoms with E-state index in [0.717, 1.165) is 18.2 Å². The normalized spacial score (nSPS) is 51.6. The molecule has 0 unspecified atom stereocenters.